The molecule has 82 valence electrons. The van der Waals surface area contributed by atoms with Crippen LogP contribution in [0.25, 0.3) is 0 Å². The molecule has 0 heterocycles. The third kappa shape index (κ3) is 3.89. The van der Waals surface area contributed by atoms with Crippen molar-refractivity contribution in [3.8, 4) is 11.5 Å². The molecule has 0 radical (unpaired) electrons. The van der Waals surface area contributed by atoms with Gasteiger partial charge >= 0.3 is 0 Å². The molecule has 5 heteroatoms. The second-order valence-corrected chi connectivity index (χ2v) is 3.59. The van der Waals surface area contributed by atoms with Gasteiger partial charge in [0.25, 0.3) is 0 Å². The van der Waals surface area contributed by atoms with Crippen molar-refractivity contribution in [1.82, 2.24) is 0 Å². The Morgan fingerprint density at radius 2 is 2.13 bits per heavy atom. The van der Waals surface area contributed by atoms with Crippen LogP contribution in [0.3, 0.4) is 0 Å². The number of methoxy groups -OCH3 is 1. The SMILES string of the molecule is COc1cc(C/C=C(\F)Br)cc(ON)c1. The number of nitrogens with two attached hydrogens (primary N) is 1. The Labute approximate surface area is 95.8 Å². The molecule has 0 fully saturated rings. The van der Waals surface area contributed by atoms with Crippen LogP contribution >= 0.6 is 15.9 Å². The van der Waals surface area contributed by atoms with Crippen molar-refractivity contribution < 1.29 is 14.0 Å². The first-order valence-electron chi connectivity index (χ1n) is 4.21. The Hall–Kier alpha value is -1.07. The number of allylic oxidation sites excluding steroid dienone is 1. The van der Waals surface area contributed by atoms with Crippen LogP contribution < -0.4 is 15.5 Å². The van der Waals surface area contributed by atoms with E-state index < -0.39 is 4.74 Å². The number of hydrogen-bond acceptors (Lipinski definition) is 3. The predicted molar refractivity (Wildman–Crippen MR) is 59.6 cm³/mol. The maximum absolute atomic E-state index is 12.4. The van der Waals surface area contributed by atoms with Gasteiger partial charge < -0.3 is 9.57 Å². The summed E-state index contributed by atoms with van der Waals surface area (Å²) >= 11 is 2.71. The van der Waals surface area contributed by atoms with Crippen molar-refractivity contribution in [1.29, 1.82) is 0 Å². The minimum absolute atomic E-state index is 0.402. The number of halogens is 2. The summed E-state index contributed by atoms with van der Waals surface area (Å²) in [5, 5.41) is 0. The Bertz CT molecular complexity index is 342. The van der Waals surface area contributed by atoms with E-state index in [1.165, 1.54) is 6.08 Å². The van der Waals surface area contributed by atoms with Crippen LogP contribution in [0.4, 0.5) is 4.39 Å². The van der Waals surface area contributed by atoms with Gasteiger partial charge in [-0.25, -0.2) is 0 Å². The summed E-state index contributed by atoms with van der Waals surface area (Å²) in [6.45, 7) is 0. The average Bonchev–Trinajstić information content (AvgIpc) is 2.25. The van der Waals surface area contributed by atoms with Gasteiger partial charge in [-0.15, -0.1) is 0 Å². The fraction of sp³-hybridized carbons (Fsp3) is 0.200. The van der Waals surface area contributed by atoms with Crippen molar-refractivity contribution >= 4 is 15.9 Å². The zero-order chi connectivity index (χ0) is 11.3. The van der Waals surface area contributed by atoms with Gasteiger partial charge in [-0.1, -0.05) is 0 Å². The van der Waals surface area contributed by atoms with Crippen LogP contribution in [-0.2, 0) is 6.42 Å². The highest BCUT2D eigenvalue weighted by atomic mass is 79.9. The summed E-state index contributed by atoms with van der Waals surface area (Å²) < 4.78 is 17.1. The van der Waals surface area contributed by atoms with E-state index in [1.807, 2.05) is 0 Å². The van der Waals surface area contributed by atoms with Gasteiger partial charge in [0, 0.05) is 6.07 Å². The van der Waals surface area contributed by atoms with Crippen molar-refractivity contribution in [2.24, 2.45) is 5.90 Å². The standard InChI is InChI=1S/C10H11BrFNO2/c1-14-8-4-7(2-3-10(11)12)5-9(6-8)15-13/h3-6H,2,13H2,1H3/b10-3-. The van der Waals surface area contributed by atoms with Crippen molar-refractivity contribution in [2.75, 3.05) is 7.11 Å². The second-order valence-electron chi connectivity index (χ2n) is 2.83. The maximum Gasteiger partial charge on any atom is 0.162 e. The van der Waals surface area contributed by atoms with E-state index in [4.69, 9.17) is 10.6 Å². The quantitative estimate of drug-likeness (QED) is 0.860. The van der Waals surface area contributed by atoms with Crippen molar-refractivity contribution in [3.05, 3.63) is 34.6 Å². The van der Waals surface area contributed by atoms with Crippen LogP contribution in [-0.4, -0.2) is 7.11 Å². The first kappa shape index (κ1) is 12.0. The number of ether oxygens (including phenoxy) is 1. The van der Waals surface area contributed by atoms with Crippen molar-refractivity contribution in [2.45, 2.75) is 6.42 Å². The Morgan fingerprint density at radius 1 is 1.47 bits per heavy atom. The third-order valence-corrected chi connectivity index (χ3v) is 2.13. The lowest BCUT2D eigenvalue weighted by molar-refractivity contribution is 0.330. The lowest BCUT2D eigenvalue weighted by atomic mass is 10.1. The summed E-state index contributed by atoms with van der Waals surface area (Å²) in [6.07, 6.45) is 1.83. The molecule has 0 aromatic heterocycles. The number of hydrogen-bond donors (Lipinski definition) is 1. The summed E-state index contributed by atoms with van der Waals surface area (Å²) in [6, 6.07) is 5.15. The summed E-state index contributed by atoms with van der Waals surface area (Å²) in [7, 11) is 1.54. The molecule has 0 aliphatic heterocycles. The molecule has 0 aliphatic rings. The van der Waals surface area contributed by atoms with Gasteiger partial charge in [-0.2, -0.15) is 10.3 Å². The summed E-state index contributed by atoms with van der Waals surface area (Å²) in [5.41, 5.74) is 0.851. The van der Waals surface area contributed by atoms with Crippen molar-refractivity contribution in [3.63, 3.8) is 0 Å². The Kier molecular flexibility index (Phi) is 4.58. The number of rotatable bonds is 4. The molecule has 0 spiro atoms. The molecule has 0 amide bonds. The molecule has 1 aromatic rings. The molecular weight excluding hydrogens is 265 g/mol. The summed E-state index contributed by atoms with van der Waals surface area (Å²) in [4.78, 5) is 4.60. The normalized spacial score (nSPS) is 11.3. The third-order valence-electron chi connectivity index (χ3n) is 1.80. The largest absolute Gasteiger partial charge is 0.497 e. The molecule has 0 unspecified atom stereocenters. The molecular formula is C10H11BrFNO2. The summed E-state index contributed by atoms with van der Waals surface area (Å²) in [5.74, 6) is 6.14. The zero-order valence-corrected chi connectivity index (χ0v) is 9.75. The fourth-order valence-electron chi connectivity index (χ4n) is 1.13. The van der Waals surface area contributed by atoms with Crippen LogP contribution in [0, 0.1) is 0 Å². The van der Waals surface area contributed by atoms with Gasteiger partial charge in [0.15, 0.2) is 10.5 Å². The van der Waals surface area contributed by atoms with Crippen LogP contribution in [0.1, 0.15) is 5.56 Å². The van der Waals surface area contributed by atoms with Crippen LogP contribution in [0.5, 0.6) is 11.5 Å². The molecule has 3 nitrogen and oxygen atoms in total. The molecule has 15 heavy (non-hydrogen) atoms. The highest BCUT2D eigenvalue weighted by molar-refractivity contribution is 9.11. The fourth-order valence-corrected chi connectivity index (χ4v) is 1.29. The molecule has 0 saturated heterocycles. The average molecular weight is 276 g/mol. The van der Waals surface area contributed by atoms with E-state index >= 15 is 0 Å². The number of benzene rings is 1. The zero-order valence-electron chi connectivity index (χ0n) is 8.17. The van der Waals surface area contributed by atoms with E-state index in [0.717, 1.165) is 5.56 Å². The minimum Gasteiger partial charge on any atom is -0.497 e. The lowest BCUT2D eigenvalue weighted by Crippen LogP contribution is -2.02. The molecule has 0 aliphatic carbocycles. The molecule has 0 atom stereocenters. The lowest BCUT2D eigenvalue weighted by Gasteiger charge is -2.06. The van der Waals surface area contributed by atoms with E-state index in [1.54, 1.807) is 25.3 Å². The molecule has 1 aromatic carbocycles. The Morgan fingerprint density at radius 3 is 2.67 bits per heavy atom. The minimum atomic E-state index is -0.402. The smallest absolute Gasteiger partial charge is 0.162 e. The van der Waals surface area contributed by atoms with E-state index in [0.29, 0.717) is 17.9 Å². The van der Waals surface area contributed by atoms with Gasteiger partial charge in [0.2, 0.25) is 0 Å². The van der Waals surface area contributed by atoms with Crippen LogP contribution in [0.2, 0.25) is 0 Å². The van der Waals surface area contributed by atoms with Crippen LogP contribution in [0.15, 0.2) is 29.0 Å². The topological polar surface area (TPSA) is 44.5 Å². The highest BCUT2D eigenvalue weighted by Crippen LogP contribution is 2.23. The van der Waals surface area contributed by atoms with E-state index in [9.17, 15) is 4.39 Å². The molecule has 0 bridgehead atoms. The molecule has 0 saturated carbocycles. The molecule has 2 N–H and O–H groups in total. The van der Waals surface area contributed by atoms with Gasteiger partial charge in [0.1, 0.15) is 5.75 Å². The molecule has 1 rings (SSSR count). The van der Waals surface area contributed by atoms with Gasteiger partial charge in [-0.3, -0.25) is 0 Å². The maximum atomic E-state index is 12.4. The Balaban J connectivity index is 2.91. The predicted octanol–water partition coefficient (Wildman–Crippen LogP) is 2.70. The first-order valence-corrected chi connectivity index (χ1v) is 5.01. The monoisotopic (exact) mass is 275 g/mol. The van der Waals surface area contributed by atoms with Gasteiger partial charge in [-0.05, 0) is 46.1 Å². The second kappa shape index (κ2) is 5.72. The van der Waals surface area contributed by atoms with E-state index in [2.05, 4.69) is 20.8 Å². The van der Waals surface area contributed by atoms with Gasteiger partial charge in [0.05, 0.1) is 7.11 Å². The highest BCUT2D eigenvalue weighted by Gasteiger charge is 2.01. The first-order chi connectivity index (χ1) is 7.15. The van der Waals surface area contributed by atoms with E-state index in [-0.39, 0.29) is 0 Å².